The van der Waals surface area contributed by atoms with Crippen molar-refractivity contribution < 1.29 is 9.47 Å². The summed E-state index contributed by atoms with van der Waals surface area (Å²) in [6.45, 7) is 4.36. The third-order valence-electron chi connectivity index (χ3n) is 5.71. The molecular formula is C19H26N2O2S. The van der Waals surface area contributed by atoms with Crippen LogP contribution in [0.2, 0.25) is 0 Å². The molecule has 2 saturated carbocycles. The zero-order valence-electron chi connectivity index (χ0n) is 14.2. The van der Waals surface area contributed by atoms with Crippen molar-refractivity contribution in [2.75, 3.05) is 19.7 Å². The number of benzene rings is 1. The van der Waals surface area contributed by atoms with Crippen molar-refractivity contribution in [3.05, 3.63) is 24.3 Å². The molecule has 1 aromatic carbocycles. The van der Waals surface area contributed by atoms with Crippen LogP contribution in [0.4, 0.5) is 0 Å². The van der Waals surface area contributed by atoms with Gasteiger partial charge in [0.15, 0.2) is 22.7 Å². The van der Waals surface area contributed by atoms with Crippen LogP contribution in [0.25, 0.3) is 0 Å². The smallest absolute Gasteiger partial charge is 0.169 e. The number of thiocarbonyl (C=S) groups is 1. The molecule has 5 heteroatoms. The third kappa shape index (κ3) is 3.18. The van der Waals surface area contributed by atoms with E-state index in [9.17, 15) is 0 Å². The molecule has 1 aliphatic heterocycles. The number of fused-ring (bicyclic) bond motifs is 3. The number of nitrogens with one attached hydrogen (secondary N) is 1. The Kier molecular flexibility index (Phi) is 4.53. The highest BCUT2D eigenvalue weighted by molar-refractivity contribution is 7.80. The molecule has 4 rings (SSSR count). The van der Waals surface area contributed by atoms with Crippen LogP contribution < -0.4 is 14.8 Å². The van der Waals surface area contributed by atoms with Gasteiger partial charge in [-0.15, -0.1) is 0 Å². The maximum absolute atomic E-state index is 6.08. The lowest BCUT2D eigenvalue weighted by atomic mass is 9.95. The molecule has 3 aliphatic rings. The number of hydrogen-bond donors (Lipinski definition) is 1. The first-order chi connectivity index (χ1) is 11.7. The fourth-order valence-electron chi connectivity index (χ4n) is 4.43. The van der Waals surface area contributed by atoms with Crippen LogP contribution in [0.1, 0.15) is 32.6 Å². The summed E-state index contributed by atoms with van der Waals surface area (Å²) in [5.74, 6) is 3.42. The number of nitrogens with zero attached hydrogens (tertiary/aromatic N) is 1. The number of likely N-dealkylation sites (N-methyl/N-ethyl adjacent to an activating group) is 1. The third-order valence-corrected chi connectivity index (χ3v) is 6.08. The van der Waals surface area contributed by atoms with E-state index in [1.165, 1.54) is 25.7 Å². The predicted octanol–water partition coefficient (Wildman–Crippen LogP) is 3.21. The molecule has 2 fully saturated rings. The van der Waals surface area contributed by atoms with E-state index in [-0.39, 0.29) is 6.10 Å². The van der Waals surface area contributed by atoms with Crippen LogP contribution in [-0.2, 0) is 0 Å². The van der Waals surface area contributed by atoms with Crippen LogP contribution >= 0.6 is 12.2 Å². The van der Waals surface area contributed by atoms with E-state index in [0.717, 1.165) is 41.5 Å². The summed E-state index contributed by atoms with van der Waals surface area (Å²) < 4.78 is 11.9. The second-order valence-electron chi connectivity index (χ2n) is 7.27. The standard InChI is InChI=1S/C19H26N2O2S/c1-2-21(19(24)20-16-10-13-7-8-14(16)9-13)11-15-12-22-17-5-3-4-6-18(17)23-15/h3-6,13-16H,2,7-12H2,1H3,(H,20,24)/t13-,14-,15+,16-/m0/s1. The highest BCUT2D eigenvalue weighted by Gasteiger charge is 2.40. The highest BCUT2D eigenvalue weighted by Crippen LogP contribution is 2.44. The average molecular weight is 346 g/mol. The molecule has 0 aromatic heterocycles. The first-order valence-corrected chi connectivity index (χ1v) is 9.57. The fraction of sp³-hybridized carbons (Fsp3) is 0.632. The van der Waals surface area contributed by atoms with Gasteiger partial charge in [-0.3, -0.25) is 0 Å². The van der Waals surface area contributed by atoms with E-state index < -0.39 is 0 Å². The van der Waals surface area contributed by atoms with Crippen molar-refractivity contribution in [3.8, 4) is 11.5 Å². The summed E-state index contributed by atoms with van der Waals surface area (Å²) in [5, 5.41) is 4.50. The van der Waals surface area contributed by atoms with Gasteiger partial charge in [-0.1, -0.05) is 18.6 Å². The molecule has 4 atom stereocenters. The van der Waals surface area contributed by atoms with Crippen LogP contribution in [0, 0.1) is 11.8 Å². The van der Waals surface area contributed by atoms with Gasteiger partial charge in [0, 0.05) is 12.6 Å². The quantitative estimate of drug-likeness (QED) is 0.847. The molecule has 130 valence electrons. The van der Waals surface area contributed by atoms with Crippen molar-refractivity contribution in [2.24, 2.45) is 11.8 Å². The van der Waals surface area contributed by atoms with Crippen molar-refractivity contribution in [1.82, 2.24) is 10.2 Å². The normalized spacial score (nSPS) is 30.2. The Balaban J connectivity index is 1.33. The van der Waals surface area contributed by atoms with Gasteiger partial charge < -0.3 is 19.7 Å². The Morgan fingerprint density at radius 3 is 2.79 bits per heavy atom. The molecule has 0 unspecified atom stereocenters. The molecular weight excluding hydrogens is 320 g/mol. The summed E-state index contributed by atoms with van der Waals surface area (Å²) in [6, 6.07) is 8.43. The van der Waals surface area contributed by atoms with E-state index in [1.807, 2.05) is 24.3 Å². The Morgan fingerprint density at radius 2 is 2.08 bits per heavy atom. The minimum absolute atomic E-state index is 0.0135. The first kappa shape index (κ1) is 16.0. The molecule has 4 nitrogen and oxygen atoms in total. The van der Waals surface area contributed by atoms with Gasteiger partial charge in [0.05, 0.1) is 6.54 Å². The minimum Gasteiger partial charge on any atom is -0.486 e. The Hall–Kier alpha value is -1.49. The highest BCUT2D eigenvalue weighted by atomic mass is 32.1. The van der Waals surface area contributed by atoms with Gasteiger partial charge in [0.1, 0.15) is 6.61 Å². The van der Waals surface area contributed by atoms with Crippen molar-refractivity contribution in [3.63, 3.8) is 0 Å². The topological polar surface area (TPSA) is 33.7 Å². The van der Waals surface area contributed by atoms with Crippen LogP contribution in [0.3, 0.4) is 0 Å². The van der Waals surface area contributed by atoms with Crippen molar-refractivity contribution >= 4 is 17.3 Å². The monoisotopic (exact) mass is 346 g/mol. The Morgan fingerprint density at radius 1 is 1.25 bits per heavy atom. The van der Waals surface area contributed by atoms with Gasteiger partial charge in [0.25, 0.3) is 0 Å². The van der Waals surface area contributed by atoms with Crippen LogP contribution in [0.5, 0.6) is 11.5 Å². The van der Waals surface area contributed by atoms with Gasteiger partial charge in [-0.2, -0.15) is 0 Å². The first-order valence-electron chi connectivity index (χ1n) is 9.17. The summed E-state index contributed by atoms with van der Waals surface area (Å²) >= 11 is 5.69. The lowest BCUT2D eigenvalue weighted by molar-refractivity contribution is 0.0746. The van der Waals surface area contributed by atoms with Gasteiger partial charge in [-0.25, -0.2) is 0 Å². The summed E-state index contributed by atoms with van der Waals surface area (Å²) in [5.41, 5.74) is 0. The molecule has 24 heavy (non-hydrogen) atoms. The van der Waals surface area contributed by atoms with Crippen LogP contribution in [0.15, 0.2) is 24.3 Å². The molecule has 2 bridgehead atoms. The molecule has 1 heterocycles. The van der Waals surface area contributed by atoms with E-state index in [1.54, 1.807) is 0 Å². The number of para-hydroxylation sites is 2. The van der Waals surface area contributed by atoms with E-state index in [0.29, 0.717) is 12.6 Å². The predicted molar refractivity (Wildman–Crippen MR) is 98.6 cm³/mol. The van der Waals surface area contributed by atoms with E-state index >= 15 is 0 Å². The van der Waals surface area contributed by atoms with E-state index in [4.69, 9.17) is 21.7 Å². The summed E-state index contributed by atoms with van der Waals surface area (Å²) in [7, 11) is 0. The van der Waals surface area contributed by atoms with Gasteiger partial charge >= 0.3 is 0 Å². The second-order valence-corrected chi connectivity index (χ2v) is 7.65. The Bertz CT molecular complexity index is 609. The van der Waals surface area contributed by atoms with Gasteiger partial charge in [-0.05, 0) is 62.4 Å². The van der Waals surface area contributed by atoms with Crippen molar-refractivity contribution in [1.29, 1.82) is 0 Å². The molecule has 1 N–H and O–H groups in total. The lowest BCUT2D eigenvalue weighted by Crippen LogP contribution is -2.50. The summed E-state index contributed by atoms with van der Waals surface area (Å²) in [6.07, 6.45) is 5.48. The molecule has 1 aromatic rings. The second kappa shape index (κ2) is 6.79. The molecule has 2 aliphatic carbocycles. The molecule has 0 amide bonds. The summed E-state index contributed by atoms with van der Waals surface area (Å²) in [4.78, 5) is 2.21. The number of hydrogen-bond acceptors (Lipinski definition) is 3. The Labute approximate surface area is 149 Å². The zero-order chi connectivity index (χ0) is 16.5. The maximum atomic E-state index is 6.08. The molecule has 0 saturated heterocycles. The average Bonchev–Trinajstić information content (AvgIpc) is 3.22. The minimum atomic E-state index is 0.0135. The van der Waals surface area contributed by atoms with Crippen LogP contribution in [-0.4, -0.2) is 41.9 Å². The SMILES string of the molecule is CCN(C[C@@H]1COc2ccccc2O1)C(=S)N[C@H]1C[C@H]2CC[C@H]1C2. The van der Waals surface area contributed by atoms with Gasteiger partial charge in [0.2, 0.25) is 0 Å². The molecule has 0 radical (unpaired) electrons. The van der Waals surface area contributed by atoms with E-state index in [2.05, 4.69) is 17.1 Å². The maximum Gasteiger partial charge on any atom is 0.169 e. The largest absolute Gasteiger partial charge is 0.486 e. The molecule has 0 spiro atoms. The lowest BCUT2D eigenvalue weighted by Gasteiger charge is -2.34. The zero-order valence-corrected chi connectivity index (χ0v) is 15.1. The number of ether oxygens (including phenoxy) is 2. The number of rotatable bonds is 4. The van der Waals surface area contributed by atoms with Crippen molar-refractivity contribution in [2.45, 2.75) is 44.8 Å². The fourth-order valence-corrected chi connectivity index (χ4v) is 4.78.